The van der Waals surface area contributed by atoms with Crippen LogP contribution < -0.4 is 5.32 Å². The van der Waals surface area contributed by atoms with Gasteiger partial charge in [-0.2, -0.15) is 0 Å². The molecule has 1 amide bonds. The molecular weight excluding hydrogens is 340 g/mol. The zero-order chi connectivity index (χ0) is 17.4. The van der Waals surface area contributed by atoms with Gasteiger partial charge in [-0.05, 0) is 50.6 Å². The number of aromatic nitrogens is 1. The van der Waals surface area contributed by atoms with E-state index in [1.54, 1.807) is 6.92 Å². The highest BCUT2D eigenvalue weighted by Crippen LogP contribution is 2.29. The Morgan fingerprint density at radius 2 is 2.04 bits per heavy atom. The van der Waals surface area contributed by atoms with Crippen molar-refractivity contribution in [3.63, 3.8) is 0 Å². The van der Waals surface area contributed by atoms with Crippen LogP contribution in [0.4, 0.5) is 0 Å². The Labute approximate surface area is 149 Å². The molecule has 0 spiro atoms. The molecule has 0 aliphatic carbocycles. The molecule has 6 heteroatoms. The number of amides is 1. The van der Waals surface area contributed by atoms with Crippen LogP contribution in [-0.4, -0.2) is 20.6 Å². The van der Waals surface area contributed by atoms with Crippen LogP contribution in [0, 0.1) is 13.8 Å². The van der Waals surface area contributed by atoms with Crippen molar-refractivity contribution in [2.45, 2.75) is 20.8 Å². The van der Waals surface area contributed by atoms with Crippen molar-refractivity contribution in [3.05, 3.63) is 57.8 Å². The number of nitrogens with one attached hydrogen (secondary N) is 1. The number of thioether (sulfide) groups is 1. The predicted octanol–water partition coefficient (Wildman–Crippen LogP) is 3.79. The lowest BCUT2D eigenvalue weighted by molar-refractivity contribution is -0.115. The highest BCUT2D eigenvalue weighted by molar-refractivity contribution is 8.26. The molecule has 1 aromatic heterocycles. The van der Waals surface area contributed by atoms with Gasteiger partial charge in [0.2, 0.25) is 0 Å². The molecule has 3 rings (SSSR count). The minimum Gasteiger partial charge on any atom is -0.318 e. The van der Waals surface area contributed by atoms with Gasteiger partial charge in [-0.1, -0.05) is 36.1 Å². The predicted molar refractivity (Wildman–Crippen MR) is 102 cm³/mol. The Kier molecular flexibility index (Phi) is 4.43. The number of rotatable bonds is 3. The van der Waals surface area contributed by atoms with Gasteiger partial charge in [-0.3, -0.25) is 9.59 Å². The zero-order valence-electron chi connectivity index (χ0n) is 13.5. The standard InChI is InChI=1S/C18H16N2O2S2/c1-10-7-14(9-16-17(22)19-18(23)24-16)11(2)20(10)15-6-4-5-13(8-15)12(3)21/h4-9H,1-3H3,(H,19,22,23). The van der Waals surface area contributed by atoms with Crippen molar-refractivity contribution in [3.8, 4) is 5.69 Å². The van der Waals surface area contributed by atoms with Gasteiger partial charge in [0.15, 0.2) is 5.78 Å². The summed E-state index contributed by atoms with van der Waals surface area (Å²) in [6.07, 6.45) is 1.85. The summed E-state index contributed by atoms with van der Waals surface area (Å²) in [5, 5.41) is 2.62. The molecule has 2 aromatic rings. The van der Waals surface area contributed by atoms with Crippen molar-refractivity contribution < 1.29 is 9.59 Å². The number of aryl methyl sites for hydroxylation is 1. The molecule has 0 unspecified atom stereocenters. The maximum absolute atomic E-state index is 11.8. The van der Waals surface area contributed by atoms with Crippen molar-refractivity contribution in [1.82, 2.24) is 9.88 Å². The second-order valence-electron chi connectivity index (χ2n) is 5.62. The van der Waals surface area contributed by atoms with Gasteiger partial charge in [0.05, 0.1) is 4.91 Å². The summed E-state index contributed by atoms with van der Waals surface area (Å²) < 4.78 is 2.56. The fraction of sp³-hybridized carbons (Fsp3) is 0.167. The van der Waals surface area contributed by atoms with E-state index in [-0.39, 0.29) is 11.7 Å². The van der Waals surface area contributed by atoms with Crippen LogP contribution in [0.5, 0.6) is 0 Å². The van der Waals surface area contributed by atoms with E-state index < -0.39 is 0 Å². The summed E-state index contributed by atoms with van der Waals surface area (Å²) in [5.74, 6) is -0.123. The average molecular weight is 356 g/mol. The quantitative estimate of drug-likeness (QED) is 0.516. The van der Waals surface area contributed by atoms with Gasteiger partial charge in [0.25, 0.3) is 5.91 Å². The van der Waals surface area contributed by atoms with Crippen molar-refractivity contribution in [2.24, 2.45) is 0 Å². The first-order chi connectivity index (χ1) is 11.4. The fourth-order valence-corrected chi connectivity index (χ4v) is 3.79. The van der Waals surface area contributed by atoms with Crippen LogP contribution >= 0.6 is 24.0 Å². The number of carbonyl (C=O) groups excluding carboxylic acids is 2. The highest BCUT2D eigenvalue weighted by Gasteiger charge is 2.23. The van der Waals surface area contributed by atoms with Gasteiger partial charge in [0, 0.05) is 22.6 Å². The number of nitrogens with zero attached hydrogens (tertiary/aromatic N) is 1. The maximum atomic E-state index is 11.8. The van der Waals surface area contributed by atoms with Gasteiger partial charge < -0.3 is 9.88 Å². The molecule has 0 bridgehead atoms. The van der Waals surface area contributed by atoms with E-state index in [1.165, 1.54) is 11.8 Å². The Morgan fingerprint density at radius 3 is 2.67 bits per heavy atom. The molecule has 1 aromatic carbocycles. The summed E-state index contributed by atoms with van der Waals surface area (Å²) in [4.78, 5) is 24.1. The number of Topliss-reactive ketones (excluding diaryl/α,β-unsaturated/α-hetero) is 1. The number of ketones is 1. The van der Waals surface area contributed by atoms with E-state index in [2.05, 4.69) is 9.88 Å². The van der Waals surface area contributed by atoms with E-state index >= 15 is 0 Å². The van der Waals surface area contributed by atoms with Gasteiger partial charge in [-0.15, -0.1) is 0 Å². The second kappa shape index (κ2) is 6.37. The molecule has 4 nitrogen and oxygen atoms in total. The SMILES string of the molecule is CC(=O)c1cccc(-n2c(C)cc(C=C3SC(=S)NC3=O)c2C)c1. The van der Waals surface area contributed by atoms with E-state index in [1.807, 2.05) is 50.3 Å². The molecule has 1 saturated heterocycles. The van der Waals surface area contributed by atoms with Crippen molar-refractivity contribution in [1.29, 1.82) is 0 Å². The first kappa shape index (κ1) is 16.7. The molecule has 1 N–H and O–H groups in total. The number of hydrogen-bond acceptors (Lipinski definition) is 4. The Balaban J connectivity index is 2.06. The summed E-state index contributed by atoms with van der Waals surface area (Å²) in [7, 11) is 0. The lowest BCUT2D eigenvalue weighted by Crippen LogP contribution is -2.17. The summed E-state index contributed by atoms with van der Waals surface area (Å²) in [6.45, 7) is 5.56. The number of thiocarbonyl (C=S) groups is 1. The number of carbonyl (C=O) groups is 2. The third kappa shape index (κ3) is 3.07. The smallest absolute Gasteiger partial charge is 0.263 e. The van der Waals surface area contributed by atoms with Crippen LogP contribution in [0.1, 0.15) is 34.2 Å². The lowest BCUT2D eigenvalue weighted by Gasteiger charge is -2.10. The monoisotopic (exact) mass is 356 g/mol. The zero-order valence-corrected chi connectivity index (χ0v) is 15.2. The van der Waals surface area contributed by atoms with Gasteiger partial charge in [-0.25, -0.2) is 0 Å². The maximum Gasteiger partial charge on any atom is 0.263 e. The van der Waals surface area contributed by atoms with Crippen LogP contribution in [0.15, 0.2) is 35.2 Å². The van der Waals surface area contributed by atoms with E-state index in [4.69, 9.17) is 12.2 Å². The summed E-state index contributed by atoms with van der Waals surface area (Å²) in [5.41, 5.74) is 4.61. The van der Waals surface area contributed by atoms with E-state index in [9.17, 15) is 9.59 Å². The van der Waals surface area contributed by atoms with Crippen LogP contribution in [0.2, 0.25) is 0 Å². The molecule has 0 saturated carbocycles. The third-order valence-corrected chi connectivity index (χ3v) is 5.07. The Bertz CT molecular complexity index is 910. The fourth-order valence-electron chi connectivity index (χ4n) is 2.76. The lowest BCUT2D eigenvalue weighted by atomic mass is 10.1. The normalized spacial score (nSPS) is 15.9. The van der Waals surface area contributed by atoms with Gasteiger partial charge >= 0.3 is 0 Å². The molecule has 2 heterocycles. The number of hydrogen-bond donors (Lipinski definition) is 1. The molecule has 0 radical (unpaired) electrons. The van der Waals surface area contributed by atoms with Crippen LogP contribution in [0.3, 0.4) is 0 Å². The molecule has 1 fully saturated rings. The molecular formula is C18H16N2O2S2. The Morgan fingerprint density at radius 1 is 1.29 bits per heavy atom. The largest absolute Gasteiger partial charge is 0.318 e. The molecule has 1 aliphatic rings. The van der Waals surface area contributed by atoms with Crippen molar-refractivity contribution >= 4 is 46.1 Å². The summed E-state index contributed by atoms with van der Waals surface area (Å²) in [6, 6.07) is 9.56. The van der Waals surface area contributed by atoms with Crippen LogP contribution in [0.25, 0.3) is 11.8 Å². The minimum atomic E-state index is -0.159. The highest BCUT2D eigenvalue weighted by atomic mass is 32.2. The Hall–Kier alpha value is -2.18. The minimum absolute atomic E-state index is 0.0363. The average Bonchev–Trinajstić information content (AvgIpc) is 2.98. The molecule has 1 aliphatic heterocycles. The number of benzene rings is 1. The topological polar surface area (TPSA) is 51.1 Å². The summed E-state index contributed by atoms with van der Waals surface area (Å²) >= 11 is 6.29. The molecule has 0 atom stereocenters. The van der Waals surface area contributed by atoms with Gasteiger partial charge in [0.1, 0.15) is 4.32 Å². The first-order valence-corrected chi connectivity index (χ1v) is 8.64. The second-order valence-corrected chi connectivity index (χ2v) is 7.34. The van der Waals surface area contributed by atoms with E-state index in [0.717, 1.165) is 22.6 Å². The molecule has 24 heavy (non-hydrogen) atoms. The third-order valence-electron chi connectivity index (χ3n) is 3.91. The van der Waals surface area contributed by atoms with E-state index in [0.29, 0.717) is 14.8 Å². The van der Waals surface area contributed by atoms with Crippen molar-refractivity contribution in [2.75, 3.05) is 0 Å². The van der Waals surface area contributed by atoms with Crippen LogP contribution in [-0.2, 0) is 4.79 Å². The first-order valence-electron chi connectivity index (χ1n) is 7.42. The molecule has 122 valence electrons.